The highest BCUT2D eigenvalue weighted by atomic mass is 16.5. The minimum absolute atomic E-state index is 0.407. The second-order valence-electron chi connectivity index (χ2n) is 4.57. The lowest BCUT2D eigenvalue weighted by Crippen LogP contribution is -2.14. The summed E-state index contributed by atoms with van der Waals surface area (Å²) in [6.07, 6.45) is 4.30. The van der Waals surface area contributed by atoms with Crippen molar-refractivity contribution in [3.05, 3.63) is 36.2 Å². The van der Waals surface area contributed by atoms with Gasteiger partial charge in [0.25, 0.3) is 0 Å². The van der Waals surface area contributed by atoms with Crippen LogP contribution >= 0.6 is 0 Å². The Balaban J connectivity index is 1.93. The van der Waals surface area contributed by atoms with E-state index in [2.05, 4.69) is 27.6 Å². The topological polar surface area (TPSA) is 49.9 Å². The number of ether oxygens (including phenoxy) is 1. The van der Waals surface area contributed by atoms with Crippen LogP contribution in [0.3, 0.4) is 0 Å². The Labute approximate surface area is 106 Å². The van der Waals surface area contributed by atoms with E-state index in [1.54, 1.807) is 7.11 Å². The molecule has 4 heteroatoms. The Kier molecular flexibility index (Phi) is 3.02. The van der Waals surface area contributed by atoms with Gasteiger partial charge in [-0.3, -0.25) is 5.10 Å². The minimum Gasteiger partial charge on any atom is -0.497 e. The van der Waals surface area contributed by atoms with E-state index in [1.807, 2.05) is 18.3 Å². The second-order valence-corrected chi connectivity index (χ2v) is 4.57. The number of methoxy groups -OCH3 is 1. The third kappa shape index (κ3) is 1.99. The van der Waals surface area contributed by atoms with E-state index in [9.17, 15) is 0 Å². The largest absolute Gasteiger partial charge is 0.497 e. The van der Waals surface area contributed by atoms with Crippen molar-refractivity contribution in [3.63, 3.8) is 0 Å². The van der Waals surface area contributed by atoms with E-state index in [-0.39, 0.29) is 0 Å². The lowest BCUT2D eigenvalue weighted by molar-refractivity contribution is 0.415. The van der Waals surface area contributed by atoms with Gasteiger partial charge in [0, 0.05) is 11.6 Å². The van der Waals surface area contributed by atoms with Gasteiger partial charge >= 0.3 is 0 Å². The molecule has 1 atom stereocenters. The fourth-order valence-electron chi connectivity index (χ4n) is 2.49. The van der Waals surface area contributed by atoms with Gasteiger partial charge in [-0.15, -0.1) is 0 Å². The molecule has 0 bridgehead atoms. The number of nitrogens with zero attached hydrogens (tertiary/aromatic N) is 1. The Bertz CT molecular complexity index is 512. The molecular weight excluding hydrogens is 226 g/mol. The summed E-state index contributed by atoms with van der Waals surface area (Å²) in [5.74, 6) is 0.878. The highest BCUT2D eigenvalue weighted by molar-refractivity contribution is 5.66. The molecule has 1 fully saturated rings. The van der Waals surface area contributed by atoms with E-state index in [1.165, 1.54) is 29.7 Å². The molecule has 2 N–H and O–H groups in total. The summed E-state index contributed by atoms with van der Waals surface area (Å²) in [5.41, 5.74) is 3.54. The second kappa shape index (κ2) is 4.82. The van der Waals surface area contributed by atoms with Gasteiger partial charge in [0.2, 0.25) is 0 Å². The van der Waals surface area contributed by atoms with Crippen molar-refractivity contribution in [1.82, 2.24) is 15.5 Å². The summed E-state index contributed by atoms with van der Waals surface area (Å²) < 4.78 is 5.18. The van der Waals surface area contributed by atoms with E-state index in [0.717, 1.165) is 12.3 Å². The van der Waals surface area contributed by atoms with Crippen LogP contribution in [0.5, 0.6) is 5.75 Å². The molecule has 0 aliphatic carbocycles. The first-order chi connectivity index (χ1) is 8.88. The van der Waals surface area contributed by atoms with E-state index >= 15 is 0 Å². The maximum atomic E-state index is 5.18. The number of hydrogen-bond donors (Lipinski definition) is 2. The van der Waals surface area contributed by atoms with Crippen LogP contribution < -0.4 is 10.1 Å². The summed E-state index contributed by atoms with van der Waals surface area (Å²) in [4.78, 5) is 0. The molecule has 94 valence electrons. The third-order valence-corrected chi connectivity index (χ3v) is 3.48. The fraction of sp³-hybridized carbons (Fsp3) is 0.357. The summed E-state index contributed by atoms with van der Waals surface area (Å²) in [5, 5.41) is 10.8. The SMILES string of the molecule is COc1ccc(-c2cn[nH]c2C2CCCN2)cc1. The molecule has 1 aliphatic rings. The zero-order chi connectivity index (χ0) is 12.4. The molecule has 2 aromatic rings. The highest BCUT2D eigenvalue weighted by Gasteiger charge is 2.21. The number of benzene rings is 1. The molecule has 1 saturated heterocycles. The smallest absolute Gasteiger partial charge is 0.118 e. The monoisotopic (exact) mass is 243 g/mol. The maximum absolute atomic E-state index is 5.18. The predicted molar refractivity (Wildman–Crippen MR) is 70.6 cm³/mol. The predicted octanol–water partition coefficient (Wildman–Crippen LogP) is 2.51. The van der Waals surface area contributed by atoms with Crippen LogP contribution in [0.4, 0.5) is 0 Å². The van der Waals surface area contributed by atoms with E-state index in [4.69, 9.17) is 4.74 Å². The lowest BCUT2D eigenvalue weighted by Gasteiger charge is -2.11. The van der Waals surface area contributed by atoms with Gasteiger partial charge in [0.05, 0.1) is 19.0 Å². The van der Waals surface area contributed by atoms with Gasteiger partial charge in [-0.25, -0.2) is 0 Å². The number of rotatable bonds is 3. The molecule has 1 aromatic heterocycles. The standard InChI is InChI=1S/C14H17N3O/c1-18-11-6-4-10(5-7-11)12-9-16-17-14(12)13-3-2-8-15-13/h4-7,9,13,15H,2-3,8H2,1H3,(H,16,17). The Morgan fingerprint density at radius 3 is 2.78 bits per heavy atom. The van der Waals surface area contributed by atoms with Crippen molar-refractivity contribution >= 4 is 0 Å². The molecule has 1 unspecified atom stereocenters. The molecule has 0 spiro atoms. The van der Waals surface area contributed by atoms with Crippen molar-refractivity contribution in [3.8, 4) is 16.9 Å². The molecule has 18 heavy (non-hydrogen) atoms. The zero-order valence-corrected chi connectivity index (χ0v) is 10.4. The van der Waals surface area contributed by atoms with Gasteiger partial charge in [-0.05, 0) is 37.1 Å². The van der Waals surface area contributed by atoms with Gasteiger partial charge in [-0.1, -0.05) is 12.1 Å². The maximum Gasteiger partial charge on any atom is 0.118 e. The summed E-state index contributed by atoms with van der Waals surface area (Å²) >= 11 is 0. The molecule has 3 rings (SSSR count). The van der Waals surface area contributed by atoms with Gasteiger partial charge in [-0.2, -0.15) is 5.10 Å². The van der Waals surface area contributed by atoms with Crippen molar-refractivity contribution in [1.29, 1.82) is 0 Å². The summed E-state index contributed by atoms with van der Waals surface area (Å²) in [6, 6.07) is 8.51. The highest BCUT2D eigenvalue weighted by Crippen LogP contribution is 2.31. The van der Waals surface area contributed by atoms with Crippen molar-refractivity contribution < 1.29 is 4.74 Å². The first-order valence-electron chi connectivity index (χ1n) is 6.29. The molecule has 4 nitrogen and oxygen atoms in total. The molecule has 1 aliphatic heterocycles. The molecule has 1 aromatic carbocycles. The molecule has 0 amide bonds. The van der Waals surface area contributed by atoms with Crippen LogP contribution in [0.25, 0.3) is 11.1 Å². The number of H-pyrrole nitrogens is 1. The molecule has 0 radical (unpaired) electrons. The number of hydrogen-bond acceptors (Lipinski definition) is 3. The first-order valence-corrected chi connectivity index (χ1v) is 6.29. The minimum atomic E-state index is 0.407. The van der Waals surface area contributed by atoms with Crippen molar-refractivity contribution in [2.45, 2.75) is 18.9 Å². The number of nitrogens with one attached hydrogen (secondary N) is 2. The van der Waals surface area contributed by atoms with Crippen LogP contribution in [0, 0.1) is 0 Å². The normalized spacial score (nSPS) is 19.1. The molecular formula is C14H17N3O. The van der Waals surface area contributed by atoms with Gasteiger partial charge < -0.3 is 10.1 Å². The Hall–Kier alpha value is -1.81. The fourth-order valence-corrected chi connectivity index (χ4v) is 2.49. The third-order valence-electron chi connectivity index (χ3n) is 3.48. The van der Waals surface area contributed by atoms with E-state index in [0.29, 0.717) is 6.04 Å². The van der Waals surface area contributed by atoms with Crippen LogP contribution in [0.1, 0.15) is 24.6 Å². The number of aromatic nitrogens is 2. The average molecular weight is 243 g/mol. The van der Waals surface area contributed by atoms with Crippen molar-refractivity contribution in [2.24, 2.45) is 0 Å². The Morgan fingerprint density at radius 1 is 1.28 bits per heavy atom. The number of aromatic amines is 1. The molecule has 0 saturated carbocycles. The van der Waals surface area contributed by atoms with Gasteiger partial charge in [0.15, 0.2) is 0 Å². The summed E-state index contributed by atoms with van der Waals surface area (Å²) in [7, 11) is 1.68. The first kappa shape index (κ1) is 11.3. The Morgan fingerprint density at radius 2 is 2.11 bits per heavy atom. The zero-order valence-electron chi connectivity index (χ0n) is 10.4. The van der Waals surface area contributed by atoms with Gasteiger partial charge in [0.1, 0.15) is 5.75 Å². The van der Waals surface area contributed by atoms with E-state index < -0.39 is 0 Å². The summed E-state index contributed by atoms with van der Waals surface area (Å²) in [6.45, 7) is 1.09. The average Bonchev–Trinajstić information content (AvgIpc) is 3.09. The van der Waals surface area contributed by atoms with Crippen LogP contribution in [-0.4, -0.2) is 23.9 Å². The lowest BCUT2D eigenvalue weighted by atomic mass is 10.0. The van der Waals surface area contributed by atoms with Crippen molar-refractivity contribution in [2.75, 3.05) is 13.7 Å². The van der Waals surface area contributed by atoms with Crippen LogP contribution in [0.15, 0.2) is 30.5 Å². The van der Waals surface area contributed by atoms with Crippen LogP contribution in [-0.2, 0) is 0 Å². The molecule has 2 heterocycles. The van der Waals surface area contributed by atoms with Crippen LogP contribution in [0.2, 0.25) is 0 Å². The quantitative estimate of drug-likeness (QED) is 0.870.